The zero-order valence-corrected chi connectivity index (χ0v) is 17.3. The number of ketones is 1. The Morgan fingerprint density at radius 2 is 1.84 bits per heavy atom. The Morgan fingerprint density at radius 3 is 2.65 bits per heavy atom. The monoisotopic (exact) mass is 413 g/mol. The number of hydrogen-bond donors (Lipinski definition) is 1. The predicted octanol–water partition coefficient (Wildman–Crippen LogP) is 5.02. The summed E-state index contributed by atoms with van der Waals surface area (Å²) in [5.41, 5.74) is 5.10. The molecular weight excluding hydrogens is 390 g/mol. The summed E-state index contributed by atoms with van der Waals surface area (Å²) < 4.78 is 11.6. The van der Waals surface area contributed by atoms with E-state index in [2.05, 4.69) is 5.32 Å². The molecule has 1 saturated heterocycles. The molecule has 1 amide bonds. The number of hydrogen-bond acceptors (Lipinski definition) is 4. The molecule has 1 atom stereocenters. The maximum atomic E-state index is 13.0. The van der Waals surface area contributed by atoms with Gasteiger partial charge in [0.25, 0.3) is 5.91 Å². The van der Waals surface area contributed by atoms with Crippen molar-refractivity contribution in [1.82, 2.24) is 0 Å². The summed E-state index contributed by atoms with van der Waals surface area (Å²) in [6, 6.07) is 18.5. The predicted molar refractivity (Wildman–Crippen MR) is 119 cm³/mol. The van der Waals surface area contributed by atoms with Gasteiger partial charge in [0.2, 0.25) is 0 Å². The lowest BCUT2D eigenvalue weighted by Crippen LogP contribution is -2.18. The molecule has 3 aromatic carbocycles. The second-order valence-electron chi connectivity index (χ2n) is 8.03. The zero-order chi connectivity index (χ0) is 21.4. The van der Waals surface area contributed by atoms with Gasteiger partial charge in [0.05, 0.1) is 11.8 Å². The SMILES string of the molecule is Cc1ccc(NC(=O)c2ccc3c(c2)C(=O)c2ccccc2-3)c(OCC2CCCO2)c1. The van der Waals surface area contributed by atoms with Crippen LogP contribution in [0.2, 0.25) is 0 Å². The molecule has 1 aliphatic carbocycles. The van der Waals surface area contributed by atoms with E-state index in [1.165, 1.54) is 0 Å². The molecule has 2 aliphatic rings. The highest BCUT2D eigenvalue weighted by atomic mass is 16.5. The Hall–Kier alpha value is -3.44. The fourth-order valence-corrected chi connectivity index (χ4v) is 4.17. The topological polar surface area (TPSA) is 64.6 Å². The van der Waals surface area contributed by atoms with Crippen LogP contribution in [-0.2, 0) is 4.74 Å². The molecule has 31 heavy (non-hydrogen) atoms. The van der Waals surface area contributed by atoms with E-state index >= 15 is 0 Å². The first-order valence-corrected chi connectivity index (χ1v) is 10.5. The van der Waals surface area contributed by atoms with Gasteiger partial charge in [-0.3, -0.25) is 9.59 Å². The second-order valence-corrected chi connectivity index (χ2v) is 8.03. The van der Waals surface area contributed by atoms with Crippen LogP contribution < -0.4 is 10.1 Å². The molecule has 1 unspecified atom stereocenters. The van der Waals surface area contributed by atoms with Gasteiger partial charge < -0.3 is 14.8 Å². The first kappa shape index (κ1) is 19.5. The van der Waals surface area contributed by atoms with E-state index in [0.29, 0.717) is 34.7 Å². The molecule has 0 aromatic heterocycles. The van der Waals surface area contributed by atoms with Crippen LogP contribution in [0.25, 0.3) is 11.1 Å². The van der Waals surface area contributed by atoms with Crippen molar-refractivity contribution >= 4 is 17.4 Å². The quantitative estimate of drug-likeness (QED) is 0.499. The van der Waals surface area contributed by atoms with Crippen molar-refractivity contribution in [2.24, 2.45) is 0 Å². The van der Waals surface area contributed by atoms with E-state index < -0.39 is 0 Å². The minimum absolute atomic E-state index is 0.0452. The lowest BCUT2D eigenvalue weighted by atomic mass is 10.0. The van der Waals surface area contributed by atoms with Crippen LogP contribution in [-0.4, -0.2) is 31.0 Å². The van der Waals surface area contributed by atoms with Gasteiger partial charge in [0, 0.05) is 23.3 Å². The van der Waals surface area contributed by atoms with Crippen molar-refractivity contribution in [3.63, 3.8) is 0 Å². The standard InChI is InChI=1S/C26H23NO4/c1-16-8-11-23(24(13-16)31-15-18-5-4-12-30-18)27-26(29)17-9-10-20-19-6-2-3-7-21(19)25(28)22(20)14-17/h2-3,6-11,13-14,18H,4-5,12,15H2,1H3,(H,27,29). The number of benzene rings is 3. The Balaban J connectivity index is 1.37. The fraction of sp³-hybridized carbons (Fsp3) is 0.231. The van der Waals surface area contributed by atoms with Crippen molar-refractivity contribution in [3.05, 3.63) is 82.9 Å². The Bertz CT molecular complexity index is 1180. The second kappa shape index (κ2) is 8.00. The molecule has 0 radical (unpaired) electrons. The van der Waals surface area contributed by atoms with Gasteiger partial charge in [-0.15, -0.1) is 0 Å². The number of carbonyl (C=O) groups excluding carboxylic acids is 2. The number of carbonyl (C=O) groups is 2. The highest BCUT2D eigenvalue weighted by Gasteiger charge is 2.27. The van der Waals surface area contributed by atoms with E-state index in [1.807, 2.05) is 55.5 Å². The van der Waals surface area contributed by atoms with Crippen LogP contribution in [0.1, 0.15) is 44.7 Å². The fourth-order valence-electron chi connectivity index (χ4n) is 4.17. The summed E-state index contributed by atoms with van der Waals surface area (Å²) in [6.07, 6.45) is 2.12. The summed E-state index contributed by atoms with van der Waals surface area (Å²) >= 11 is 0. The zero-order valence-electron chi connectivity index (χ0n) is 17.3. The molecule has 3 aromatic rings. The van der Waals surface area contributed by atoms with Crippen LogP contribution in [0.15, 0.2) is 60.7 Å². The van der Waals surface area contributed by atoms with E-state index in [0.717, 1.165) is 36.1 Å². The summed E-state index contributed by atoms with van der Waals surface area (Å²) in [7, 11) is 0. The third-order valence-electron chi connectivity index (χ3n) is 5.82. The van der Waals surface area contributed by atoms with Crippen molar-refractivity contribution < 1.29 is 19.1 Å². The van der Waals surface area contributed by atoms with Crippen LogP contribution in [0.3, 0.4) is 0 Å². The molecule has 0 spiro atoms. The van der Waals surface area contributed by atoms with Gasteiger partial charge in [-0.25, -0.2) is 0 Å². The van der Waals surface area contributed by atoms with Crippen molar-refractivity contribution in [2.75, 3.05) is 18.5 Å². The van der Waals surface area contributed by atoms with E-state index in [1.54, 1.807) is 12.1 Å². The lowest BCUT2D eigenvalue weighted by Gasteiger charge is -2.16. The molecule has 0 saturated carbocycles. The molecule has 1 fully saturated rings. The molecule has 156 valence electrons. The number of aryl methyl sites for hydroxylation is 1. The summed E-state index contributed by atoms with van der Waals surface area (Å²) in [6.45, 7) is 3.21. The number of amides is 1. The number of anilines is 1. The van der Waals surface area contributed by atoms with Crippen molar-refractivity contribution in [2.45, 2.75) is 25.9 Å². The largest absolute Gasteiger partial charge is 0.489 e. The lowest BCUT2D eigenvalue weighted by molar-refractivity contribution is 0.0681. The molecule has 1 heterocycles. The minimum Gasteiger partial charge on any atom is -0.489 e. The number of ether oxygens (including phenoxy) is 2. The molecule has 5 nitrogen and oxygen atoms in total. The molecule has 5 rings (SSSR count). The average molecular weight is 413 g/mol. The van der Waals surface area contributed by atoms with Crippen LogP contribution in [0.4, 0.5) is 5.69 Å². The van der Waals surface area contributed by atoms with Gasteiger partial charge in [0.1, 0.15) is 12.4 Å². The smallest absolute Gasteiger partial charge is 0.255 e. The van der Waals surface area contributed by atoms with Gasteiger partial charge in [-0.05, 0) is 60.7 Å². The van der Waals surface area contributed by atoms with Gasteiger partial charge >= 0.3 is 0 Å². The normalized spacial score (nSPS) is 16.7. The Labute approximate surface area is 181 Å². The molecule has 5 heteroatoms. The van der Waals surface area contributed by atoms with Gasteiger partial charge in [0.15, 0.2) is 5.78 Å². The third-order valence-corrected chi connectivity index (χ3v) is 5.82. The van der Waals surface area contributed by atoms with Gasteiger partial charge in [-0.1, -0.05) is 36.4 Å². The highest BCUT2D eigenvalue weighted by Crippen LogP contribution is 2.37. The van der Waals surface area contributed by atoms with Crippen molar-refractivity contribution in [1.29, 1.82) is 0 Å². The maximum absolute atomic E-state index is 13.0. The third kappa shape index (κ3) is 3.73. The average Bonchev–Trinajstić information content (AvgIpc) is 3.41. The minimum atomic E-state index is -0.280. The van der Waals surface area contributed by atoms with Gasteiger partial charge in [-0.2, -0.15) is 0 Å². The maximum Gasteiger partial charge on any atom is 0.255 e. The molecule has 0 bridgehead atoms. The van der Waals surface area contributed by atoms with E-state index in [9.17, 15) is 9.59 Å². The van der Waals surface area contributed by atoms with Crippen LogP contribution in [0, 0.1) is 6.92 Å². The van der Waals surface area contributed by atoms with E-state index in [4.69, 9.17) is 9.47 Å². The molecule has 1 aliphatic heterocycles. The van der Waals surface area contributed by atoms with E-state index in [-0.39, 0.29) is 17.8 Å². The summed E-state index contributed by atoms with van der Waals surface area (Å²) in [5.74, 6) is 0.294. The first-order valence-electron chi connectivity index (χ1n) is 10.5. The summed E-state index contributed by atoms with van der Waals surface area (Å²) in [5, 5.41) is 2.94. The highest BCUT2D eigenvalue weighted by molar-refractivity contribution is 6.22. The van der Waals surface area contributed by atoms with Crippen LogP contribution in [0.5, 0.6) is 5.75 Å². The van der Waals surface area contributed by atoms with Crippen LogP contribution >= 0.6 is 0 Å². The number of fused-ring (bicyclic) bond motifs is 3. The first-order chi connectivity index (χ1) is 15.1. The number of rotatable bonds is 5. The molecule has 1 N–H and O–H groups in total. The Morgan fingerprint density at radius 1 is 1.03 bits per heavy atom. The summed E-state index contributed by atoms with van der Waals surface area (Å²) in [4.78, 5) is 25.7. The number of nitrogens with one attached hydrogen (secondary N) is 1. The molecular formula is C26H23NO4. The van der Waals surface area contributed by atoms with Crippen molar-refractivity contribution in [3.8, 4) is 16.9 Å². The Kier molecular flexibility index (Phi) is 5.04.